The Balaban J connectivity index is 1.49. The first kappa shape index (κ1) is 25.4. The summed E-state index contributed by atoms with van der Waals surface area (Å²) in [5.41, 5.74) is 2.36. The van der Waals surface area contributed by atoms with Gasteiger partial charge in [0.1, 0.15) is 12.4 Å². The van der Waals surface area contributed by atoms with E-state index in [0.29, 0.717) is 22.3 Å². The van der Waals surface area contributed by atoms with E-state index in [1.54, 1.807) is 84.9 Å². The third kappa shape index (κ3) is 5.74. The quantitative estimate of drug-likeness (QED) is 0.217. The first-order valence-corrected chi connectivity index (χ1v) is 11.7. The molecule has 4 aromatic rings. The van der Waals surface area contributed by atoms with E-state index in [9.17, 15) is 14.3 Å². The maximum Gasteiger partial charge on any atom is 0.281 e. The van der Waals surface area contributed by atoms with Crippen LogP contribution in [-0.4, -0.2) is 17.2 Å². The molecular formula is C28H21Cl2FN2O3. The number of benzene rings is 4. The molecule has 2 N–H and O–H groups in total. The van der Waals surface area contributed by atoms with Crippen LogP contribution in [0.1, 0.15) is 22.3 Å². The molecule has 5 nitrogen and oxygen atoms in total. The molecule has 36 heavy (non-hydrogen) atoms. The summed E-state index contributed by atoms with van der Waals surface area (Å²) in [6, 6.07) is 26.3. The Morgan fingerprint density at radius 3 is 2.06 bits per heavy atom. The lowest BCUT2D eigenvalue weighted by atomic mass is 9.85. The fourth-order valence-corrected chi connectivity index (χ4v) is 4.22. The minimum Gasteiger partial charge on any atom is -0.486 e. The summed E-state index contributed by atoms with van der Waals surface area (Å²) in [4.78, 5) is 13.1. The molecule has 0 saturated carbocycles. The van der Waals surface area contributed by atoms with E-state index >= 15 is 0 Å². The average molecular weight is 523 g/mol. The minimum atomic E-state index is -1.95. The van der Waals surface area contributed by atoms with Crippen LogP contribution >= 0.6 is 23.2 Å². The zero-order valence-corrected chi connectivity index (χ0v) is 20.4. The molecule has 0 atom stereocenters. The predicted molar refractivity (Wildman–Crippen MR) is 139 cm³/mol. The number of hydrogen-bond acceptors (Lipinski definition) is 4. The summed E-state index contributed by atoms with van der Waals surface area (Å²) in [7, 11) is 0. The minimum absolute atomic E-state index is 0.0816. The number of hydrazone groups is 1. The van der Waals surface area contributed by atoms with Gasteiger partial charge in [0.15, 0.2) is 11.4 Å². The van der Waals surface area contributed by atoms with Crippen LogP contribution in [0.15, 0.2) is 102 Å². The van der Waals surface area contributed by atoms with Crippen molar-refractivity contribution < 1.29 is 19.0 Å². The maximum atomic E-state index is 13.4. The van der Waals surface area contributed by atoms with Crippen LogP contribution in [0.5, 0.6) is 5.75 Å². The maximum absolute atomic E-state index is 13.4. The van der Waals surface area contributed by atoms with Gasteiger partial charge in [-0.2, -0.15) is 5.10 Å². The van der Waals surface area contributed by atoms with Gasteiger partial charge >= 0.3 is 0 Å². The van der Waals surface area contributed by atoms with Crippen LogP contribution in [0.25, 0.3) is 0 Å². The van der Waals surface area contributed by atoms with Crippen molar-refractivity contribution in [1.82, 2.24) is 5.43 Å². The molecule has 0 aliphatic carbocycles. The topological polar surface area (TPSA) is 70.9 Å². The van der Waals surface area contributed by atoms with Crippen molar-refractivity contribution in [3.8, 4) is 5.75 Å². The molecule has 0 fully saturated rings. The van der Waals surface area contributed by atoms with Crippen molar-refractivity contribution in [3.05, 3.63) is 135 Å². The highest BCUT2D eigenvalue weighted by Gasteiger charge is 2.39. The third-order valence-corrected chi connectivity index (χ3v) is 5.95. The van der Waals surface area contributed by atoms with Gasteiger partial charge in [-0.1, -0.05) is 96.0 Å². The molecule has 0 heterocycles. The van der Waals surface area contributed by atoms with Crippen molar-refractivity contribution >= 4 is 35.3 Å². The second kappa shape index (κ2) is 11.4. The summed E-state index contributed by atoms with van der Waals surface area (Å²) < 4.78 is 19.0. The van der Waals surface area contributed by atoms with Gasteiger partial charge in [0.05, 0.1) is 16.3 Å². The van der Waals surface area contributed by atoms with Gasteiger partial charge in [-0.05, 0) is 46.5 Å². The molecule has 182 valence electrons. The normalized spacial score (nSPS) is 11.4. The van der Waals surface area contributed by atoms with E-state index in [1.807, 2.05) is 0 Å². The summed E-state index contributed by atoms with van der Waals surface area (Å²) in [6.45, 7) is 0.0816. The summed E-state index contributed by atoms with van der Waals surface area (Å²) >= 11 is 12.7. The molecule has 4 aromatic carbocycles. The summed E-state index contributed by atoms with van der Waals surface area (Å²) in [5.74, 6) is -0.858. The van der Waals surface area contributed by atoms with Gasteiger partial charge in [-0.15, -0.1) is 0 Å². The first-order valence-electron chi connectivity index (χ1n) is 10.9. The Hall–Kier alpha value is -3.71. The highest BCUT2D eigenvalue weighted by Crippen LogP contribution is 2.34. The van der Waals surface area contributed by atoms with Crippen molar-refractivity contribution in [2.75, 3.05) is 0 Å². The molecule has 0 bridgehead atoms. The summed E-state index contributed by atoms with van der Waals surface area (Å²) in [6.07, 6.45) is 1.35. The smallest absolute Gasteiger partial charge is 0.281 e. The Kier molecular flexibility index (Phi) is 8.00. The van der Waals surface area contributed by atoms with Crippen LogP contribution in [-0.2, 0) is 17.0 Å². The van der Waals surface area contributed by atoms with Crippen molar-refractivity contribution in [2.45, 2.75) is 12.2 Å². The lowest BCUT2D eigenvalue weighted by Crippen LogP contribution is -2.43. The number of nitrogens with zero attached hydrogens (tertiary/aromatic N) is 1. The number of hydrogen-bond donors (Lipinski definition) is 2. The number of nitrogens with one attached hydrogen (secondary N) is 1. The largest absolute Gasteiger partial charge is 0.486 e. The molecule has 4 rings (SSSR count). The standard InChI is InChI=1S/C28H21Cl2FN2O3/c29-24-15-20(16-25(30)26(24)36-18-19-8-7-13-23(31)14-19)17-32-33-27(34)28(35,21-9-3-1-4-10-21)22-11-5-2-6-12-22/h1-17,35H,18H2,(H,33,34)/b32-17+. The van der Waals surface area contributed by atoms with Gasteiger partial charge in [0.2, 0.25) is 0 Å². The molecular weight excluding hydrogens is 502 g/mol. The van der Waals surface area contributed by atoms with Crippen molar-refractivity contribution in [3.63, 3.8) is 0 Å². The monoisotopic (exact) mass is 522 g/mol. The van der Waals surface area contributed by atoms with E-state index < -0.39 is 11.5 Å². The molecule has 0 spiro atoms. The Labute approximate surface area is 217 Å². The number of aliphatic hydroxyl groups is 1. The van der Waals surface area contributed by atoms with Gasteiger partial charge < -0.3 is 9.84 Å². The fraction of sp³-hybridized carbons (Fsp3) is 0.0714. The molecule has 0 saturated heterocycles. The van der Waals surface area contributed by atoms with Gasteiger partial charge in [-0.3, -0.25) is 4.79 Å². The van der Waals surface area contributed by atoms with Gasteiger partial charge in [0.25, 0.3) is 5.91 Å². The lowest BCUT2D eigenvalue weighted by Gasteiger charge is -2.27. The van der Waals surface area contributed by atoms with Gasteiger partial charge in [-0.25, -0.2) is 9.82 Å². The number of carbonyl (C=O) groups is 1. The average Bonchev–Trinajstić information content (AvgIpc) is 2.88. The molecule has 0 aliphatic heterocycles. The molecule has 0 radical (unpaired) electrons. The highest BCUT2D eigenvalue weighted by atomic mass is 35.5. The molecule has 0 aliphatic rings. The van der Waals surface area contributed by atoms with Crippen molar-refractivity contribution in [2.24, 2.45) is 5.10 Å². The first-order chi connectivity index (χ1) is 17.4. The zero-order chi connectivity index (χ0) is 25.5. The van der Waals surface area contributed by atoms with Crippen LogP contribution in [0.3, 0.4) is 0 Å². The Bertz CT molecular complexity index is 1320. The van der Waals surface area contributed by atoms with E-state index in [0.717, 1.165) is 0 Å². The predicted octanol–water partition coefficient (Wildman–Crippen LogP) is 6.10. The van der Waals surface area contributed by atoms with E-state index in [1.165, 1.54) is 18.3 Å². The number of rotatable bonds is 8. The molecule has 8 heteroatoms. The fourth-order valence-electron chi connectivity index (χ4n) is 3.61. The van der Waals surface area contributed by atoms with Crippen LogP contribution in [0.2, 0.25) is 10.0 Å². The van der Waals surface area contributed by atoms with Crippen molar-refractivity contribution in [1.29, 1.82) is 0 Å². The second-order valence-corrected chi connectivity index (χ2v) is 8.69. The zero-order valence-electron chi connectivity index (χ0n) is 18.9. The van der Waals surface area contributed by atoms with Gasteiger partial charge in [0, 0.05) is 0 Å². The van der Waals surface area contributed by atoms with E-state index in [-0.39, 0.29) is 28.2 Å². The highest BCUT2D eigenvalue weighted by molar-refractivity contribution is 6.37. The van der Waals surface area contributed by atoms with E-state index in [4.69, 9.17) is 27.9 Å². The van der Waals surface area contributed by atoms with Crippen LogP contribution in [0.4, 0.5) is 4.39 Å². The second-order valence-electron chi connectivity index (χ2n) is 7.87. The van der Waals surface area contributed by atoms with Crippen LogP contribution in [0, 0.1) is 5.82 Å². The lowest BCUT2D eigenvalue weighted by molar-refractivity contribution is -0.136. The molecule has 0 unspecified atom stereocenters. The Morgan fingerprint density at radius 2 is 1.50 bits per heavy atom. The SMILES string of the molecule is O=C(N/N=C/c1cc(Cl)c(OCc2cccc(F)c2)c(Cl)c1)C(O)(c1ccccc1)c1ccccc1. The Morgan fingerprint density at radius 1 is 0.917 bits per heavy atom. The molecule has 0 aromatic heterocycles. The number of amides is 1. The summed E-state index contributed by atoms with van der Waals surface area (Å²) in [5, 5.41) is 15.9. The van der Waals surface area contributed by atoms with E-state index in [2.05, 4.69) is 10.5 Å². The number of halogens is 3. The number of ether oxygens (including phenoxy) is 1. The molecule has 1 amide bonds. The third-order valence-electron chi connectivity index (χ3n) is 5.38. The number of carbonyl (C=O) groups excluding carboxylic acids is 1. The van der Waals surface area contributed by atoms with Crippen LogP contribution < -0.4 is 10.2 Å².